The number of esters is 1. The van der Waals surface area contributed by atoms with E-state index in [1.165, 1.54) is 0 Å². The average Bonchev–Trinajstić information content (AvgIpc) is 2.21. The lowest BCUT2D eigenvalue weighted by molar-refractivity contribution is -0.151. The van der Waals surface area contributed by atoms with E-state index in [1.807, 2.05) is 6.92 Å². The highest BCUT2D eigenvalue weighted by Crippen LogP contribution is 2.21. The summed E-state index contributed by atoms with van der Waals surface area (Å²) in [5.74, 6) is 0.423. The maximum Gasteiger partial charge on any atom is 0.326 e. The smallest absolute Gasteiger partial charge is 0.326 e. The molecule has 0 aromatic rings. The van der Waals surface area contributed by atoms with E-state index in [0.29, 0.717) is 25.4 Å². The van der Waals surface area contributed by atoms with Gasteiger partial charge in [-0.2, -0.15) is 0 Å². The molecule has 0 saturated carbocycles. The summed E-state index contributed by atoms with van der Waals surface area (Å²) in [5.41, 5.74) is 5.33. The lowest BCUT2D eigenvalue weighted by Gasteiger charge is -2.37. The van der Waals surface area contributed by atoms with E-state index in [2.05, 4.69) is 18.7 Å². The highest BCUT2D eigenvalue weighted by molar-refractivity contribution is 5.80. The second kappa shape index (κ2) is 5.64. The first-order chi connectivity index (χ1) is 7.48. The Bertz CT molecular complexity index is 233. The fourth-order valence-corrected chi connectivity index (χ4v) is 2.13. The van der Waals surface area contributed by atoms with Gasteiger partial charge >= 0.3 is 5.97 Å². The molecule has 1 fully saturated rings. The maximum atomic E-state index is 11.7. The summed E-state index contributed by atoms with van der Waals surface area (Å²) in [6.45, 7) is 9.51. The fraction of sp³-hybridized carbons (Fsp3) is 0.917. The maximum absolute atomic E-state index is 11.7. The first-order valence-electron chi connectivity index (χ1n) is 6.16. The Morgan fingerprint density at radius 1 is 1.44 bits per heavy atom. The zero-order chi connectivity index (χ0) is 12.2. The van der Waals surface area contributed by atoms with Gasteiger partial charge in [-0.1, -0.05) is 13.8 Å². The zero-order valence-corrected chi connectivity index (χ0v) is 10.7. The van der Waals surface area contributed by atoms with Gasteiger partial charge in [-0.3, -0.25) is 4.79 Å². The largest absolute Gasteiger partial charge is 0.465 e. The van der Waals surface area contributed by atoms with Gasteiger partial charge in [0.25, 0.3) is 0 Å². The molecule has 16 heavy (non-hydrogen) atoms. The van der Waals surface area contributed by atoms with Crippen LogP contribution >= 0.6 is 0 Å². The Hall–Kier alpha value is -0.610. The molecule has 94 valence electrons. The molecule has 1 aliphatic heterocycles. The van der Waals surface area contributed by atoms with Crippen molar-refractivity contribution in [1.29, 1.82) is 0 Å². The topological polar surface area (TPSA) is 55.6 Å². The second-order valence-electron chi connectivity index (χ2n) is 5.07. The van der Waals surface area contributed by atoms with Crippen LogP contribution < -0.4 is 5.73 Å². The number of piperidine rings is 1. The lowest BCUT2D eigenvalue weighted by atomic mass is 9.88. The van der Waals surface area contributed by atoms with E-state index in [0.717, 1.165) is 19.6 Å². The molecule has 0 spiro atoms. The molecule has 0 aromatic carbocycles. The summed E-state index contributed by atoms with van der Waals surface area (Å²) in [5, 5.41) is 0. The van der Waals surface area contributed by atoms with E-state index in [1.54, 1.807) is 0 Å². The third kappa shape index (κ3) is 3.46. The zero-order valence-electron chi connectivity index (χ0n) is 10.7. The van der Waals surface area contributed by atoms with Gasteiger partial charge in [0.1, 0.15) is 5.54 Å². The highest BCUT2D eigenvalue weighted by Gasteiger charge is 2.38. The third-order valence-corrected chi connectivity index (χ3v) is 3.05. The van der Waals surface area contributed by atoms with Gasteiger partial charge in [-0.15, -0.1) is 0 Å². The standard InChI is InChI=1S/C12H24N2O2/c1-4-16-11(15)12(13)5-7-14(8-6-12)9-10(2)3/h10H,4-9,13H2,1-3H3. The van der Waals surface area contributed by atoms with Crippen molar-refractivity contribution in [2.24, 2.45) is 11.7 Å². The van der Waals surface area contributed by atoms with Crippen molar-refractivity contribution in [3.63, 3.8) is 0 Å². The number of nitrogens with two attached hydrogens (primary N) is 1. The quantitative estimate of drug-likeness (QED) is 0.729. The molecule has 0 amide bonds. The molecule has 0 aliphatic carbocycles. The third-order valence-electron chi connectivity index (χ3n) is 3.05. The van der Waals surface area contributed by atoms with Crippen LogP contribution in [0.3, 0.4) is 0 Å². The molecule has 1 aliphatic rings. The molecule has 0 unspecified atom stereocenters. The number of ether oxygens (including phenoxy) is 1. The minimum atomic E-state index is -0.747. The number of hydrogen-bond acceptors (Lipinski definition) is 4. The van der Waals surface area contributed by atoms with Gasteiger partial charge in [0.05, 0.1) is 6.61 Å². The van der Waals surface area contributed by atoms with Crippen molar-refractivity contribution in [1.82, 2.24) is 4.90 Å². The lowest BCUT2D eigenvalue weighted by Crippen LogP contribution is -2.56. The number of likely N-dealkylation sites (tertiary alicyclic amines) is 1. The molecular formula is C12H24N2O2. The van der Waals surface area contributed by atoms with Gasteiger partial charge in [0.15, 0.2) is 0 Å². The molecule has 1 saturated heterocycles. The fourth-order valence-electron chi connectivity index (χ4n) is 2.13. The summed E-state index contributed by atoms with van der Waals surface area (Å²) in [4.78, 5) is 14.1. The Labute approximate surface area is 98.1 Å². The molecule has 4 heteroatoms. The molecule has 1 rings (SSSR count). The second-order valence-corrected chi connectivity index (χ2v) is 5.07. The van der Waals surface area contributed by atoms with Crippen LogP contribution in [0.4, 0.5) is 0 Å². The summed E-state index contributed by atoms with van der Waals surface area (Å²) in [7, 11) is 0. The van der Waals surface area contributed by atoms with E-state index in [9.17, 15) is 4.79 Å². The predicted octanol–water partition coefficient (Wildman–Crippen LogP) is 0.999. The number of nitrogens with zero attached hydrogens (tertiary/aromatic N) is 1. The van der Waals surface area contributed by atoms with Crippen LogP contribution in [0.5, 0.6) is 0 Å². The molecule has 2 N–H and O–H groups in total. The molecule has 0 bridgehead atoms. The predicted molar refractivity (Wildman–Crippen MR) is 64.1 cm³/mol. The molecule has 0 radical (unpaired) electrons. The minimum absolute atomic E-state index is 0.237. The van der Waals surface area contributed by atoms with Crippen LogP contribution in [0.1, 0.15) is 33.6 Å². The summed E-state index contributed by atoms with van der Waals surface area (Å²) in [6, 6.07) is 0. The summed E-state index contributed by atoms with van der Waals surface area (Å²) >= 11 is 0. The van der Waals surface area contributed by atoms with E-state index >= 15 is 0 Å². The molecule has 1 heterocycles. The van der Waals surface area contributed by atoms with Crippen molar-refractivity contribution in [3.05, 3.63) is 0 Å². The van der Waals surface area contributed by atoms with Gasteiger partial charge in [0, 0.05) is 19.6 Å². The minimum Gasteiger partial charge on any atom is -0.465 e. The average molecular weight is 228 g/mol. The van der Waals surface area contributed by atoms with Gasteiger partial charge < -0.3 is 15.4 Å². The van der Waals surface area contributed by atoms with Crippen molar-refractivity contribution >= 4 is 5.97 Å². The van der Waals surface area contributed by atoms with Gasteiger partial charge in [-0.05, 0) is 25.7 Å². The highest BCUT2D eigenvalue weighted by atomic mass is 16.5. The Balaban J connectivity index is 2.43. The monoisotopic (exact) mass is 228 g/mol. The van der Waals surface area contributed by atoms with Crippen LogP contribution in [0.25, 0.3) is 0 Å². The van der Waals surface area contributed by atoms with Crippen LogP contribution in [-0.2, 0) is 9.53 Å². The van der Waals surface area contributed by atoms with Crippen LogP contribution in [0.2, 0.25) is 0 Å². The first-order valence-corrected chi connectivity index (χ1v) is 6.16. The van der Waals surface area contributed by atoms with Crippen LogP contribution in [0, 0.1) is 5.92 Å². The van der Waals surface area contributed by atoms with Crippen molar-refractivity contribution in [2.75, 3.05) is 26.2 Å². The number of carbonyl (C=O) groups is 1. The Morgan fingerprint density at radius 2 is 2.00 bits per heavy atom. The molecule has 0 atom stereocenters. The summed E-state index contributed by atoms with van der Waals surface area (Å²) in [6.07, 6.45) is 1.41. The van der Waals surface area contributed by atoms with Crippen molar-refractivity contribution in [2.45, 2.75) is 39.2 Å². The molecular weight excluding hydrogens is 204 g/mol. The molecule has 4 nitrogen and oxygen atoms in total. The SMILES string of the molecule is CCOC(=O)C1(N)CCN(CC(C)C)CC1. The Kier molecular flexibility index (Phi) is 4.74. The van der Waals surface area contributed by atoms with Crippen LogP contribution in [-0.4, -0.2) is 42.6 Å². The van der Waals surface area contributed by atoms with E-state index in [-0.39, 0.29) is 5.97 Å². The van der Waals surface area contributed by atoms with E-state index < -0.39 is 5.54 Å². The van der Waals surface area contributed by atoms with Crippen molar-refractivity contribution < 1.29 is 9.53 Å². The van der Waals surface area contributed by atoms with Gasteiger partial charge in [0.2, 0.25) is 0 Å². The number of carbonyl (C=O) groups excluding carboxylic acids is 1. The van der Waals surface area contributed by atoms with Crippen molar-refractivity contribution in [3.8, 4) is 0 Å². The molecule has 0 aromatic heterocycles. The number of rotatable bonds is 4. The Morgan fingerprint density at radius 3 is 2.44 bits per heavy atom. The van der Waals surface area contributed by atoms with E-state index in [4.69, 9.17) is 10.5 Å². The van der Waals surface area contributed by atoms with Crippen LogP contribution in [0.15, 0.2) is 0 Å². The number of hydrogen-bond donors (Lipinski definition) is 1. The first kappa shape index (κ1) is 13.5. The van der Waals surface area contributed by atoms with Gasteiger partial charge in [-0.25, -0.2) is 0 Å². The summed E-state index contributed by atoms with van der Waals surface area (Å²) < 4.78 is 5.02. The normalized spacial score (nSPS) is 21.1.